The van der Waals surface area contributed by atoms with Crippen LogP contribution in [0.4, 0.5) is 11.4 Å². The average molecular weight is 437 g/mol. The summed E-state index contributed by atoms with van der Waals surface area (Å²) in [5.74, 6) is 0.580. The number of anilines is 2. The third-order valence-electron chi connectivity index (χ3n) is 4.34. The van der Waals surface area contributed by atoms with Gasteiger partial charge in [-0.05, 0) is 60.2 Å². The Labute approximate surface area is 185 Å². The Hall–Kier alpha value is -3.77. The highest BCUT2D eigenvalue weighted by molar-refractivity contribution is 6.30. The molecule has 6 nitrogen and oxygen atoms in total. The van der Waals surface area contributed by atoms with Crippen LogP contribution in [0.15, 0.2) is 72.8 Å². The van der Waals surface area contributed by atoms with E-state index in [1.54, 1.807) is 87.0 Å². The van der Waals surface area contributed by atoms with Crippen LogP contribution in [0.25, 0.3) is 6.08 Å². The van der Waals surface area contributed by atoms with E-state index in [2.05, 4.69) is 10.6 Å². The number of para-hydroxylation sites is 2. The lowest BCUT2D eigenvalue weighted by Crippen LogP contribution is -2.15. The summed E-state index contributed by atoms with van der Waals surface area (Å²) < 4.78 is 10.5. The largest absolute Gasteiger partial charge is 0.497 e. The average Bonchev–Trinajstić information content (AvgIpc) is 2.79. The van der Waals surface area contributed by atoms with Crippen LogP contribution < -0.4 is 20.1 Å². The molecule has 0 aromatic heterocycles. The zero-order chi connectivity index (χ0) is 22.2. The Morgan fingerprint density at radius 3 is 2.00 bits per heavy atom. The van der Waals surface area contributed by atoms with Gasteiger partial charge in [-0.25, -0.2) is 0 Å². The smallest absolute Gasteiger partial charge is 0.255 e. The number of ether oxygens (including phenoxy) is 2. The fourth-order valence-corrected chi connectivity index (χ4v) is 2.89. The molecule has 0 radical (unpaired) electrons. The summed E-state index contributed by atoms with van der Waals surface area (Å²) in [5, 5.41) is 6.13. The molecule has 0 fully saturated rings. The van der Waals surface area contributed by atoms with Crippen molar-refractivity contribution in [2.45, 2.75) is 0 Å². The van der Waals surface area contributed by atoms with E-state index in [1.807, 2.05) is 0 Å². The molecule has 0 unspecified atom stereocenters. The Bertz CT molecular complexity index is 1090. The first-order valence-corrected chi connectivity index (χ1v) is 9.74. The summed E-state index contributed by atoms with van der Waals surface area (Å²) in [6, 6.07) is 18.8. The topological polar surface area (TPSA) is 76.7 Å². The van der Waals surface area contributed by atoms with Gasteiger partial charge in [0, 0.05) is 22.7 Å². The number of benzene rings is 3. The van der Waals surface area contributed by atoms with Crippen molar-refractivity contribution in [3.63, 3.8) is 0 Å². The van der Waals surface area contributed by atoms with Crippen molar-refractivity contribution >= 4 is 40.9 Å². The highest BCUT2D eigenvalue weighted by Crippen LogP contribution is 2.24. The maximum Gasteiger partial charge on any atom is 0.255 e. The van der Waals surface area contributed by atoms with E-state index < -0.39 is 0 Å². The zero-order valence-corrected chi connectivity index (χ0v) is 17.8. The first-order chi connectivity index (χ1) is 15.0. The lowest BCUT2D eigenvalue weighted by atomic mass is 10.2. The molecule has 7 heteroatoms. The lowest BCUT2D eigenvalue weighted by molar-refractivity contribution is -0.111. The number of halogens is 1. The molecule has 0 spiro atoms. The van der Waals surface area contributed by atoms with Gasteiger partial charge in [0.15, 0.2) is 0 Å². The van der Waals surface area contributed by atoms with Crippen molar-refractivity contribution in [3.05, 3.63) is 89.0 Å². The number of rotatable bonds is 7. The quantitative estimate of drug-likeness (QED) is 0.495. The lowest BCUT2D eigenvalue weighted by Gasteiger charge is -2.11. The van der Waals surface area contributed by atoms with Gasteiger partial charge in [-0.15, -0.1) is 0 Å². The van der Waals surface area contributed by atoms with Gasteiger partial charge < -0.3 is 20.1 Å². The molecule has 0 heterocycles. The monoisotopic (exact) mass is 436 g/mol. The fraction of sp³-hybridized carbons (Fsp3) is 0.0833. The molecule has 0 aliphatic carbocycles. The Balaban J connectivity index is 1.71. The Morgan fingerprint density at radius 1 is 0.839 bits per heavy atom. The van der Waals surface area contributed by atoms with Gasteiger partial charge in [0.2, 0.25) is 5.91 Å². The summed E-state index contributed by atoms with van der Waals surface area (Å²) in [7, 11) is 3.12. The first-order valence-electron chi connectivity index (χ1n) is 9.36. The van der Waals surface area contributed by atoms with Crippen LogP contribution in [0.1, 0.15) is 15.9 Å². The van der Waals surface area contributed by atoms with E-state index >= 15 is 0 Å². The van der Waals surface area contributed by atoms with Crippen LogP contribution in [0.2, 0.25) is 5.02 Å². The summed E-state index contributed by atoms with van der Waals surface area (Å²) in [5.41, 5.74) is 2.16. The number of hydrogen-bond donors (Lipinski definition) is 2. The number of nitrogens with one attached hydrogen (secondary N) is 2. The Kier molecular flexibility index (Phi) is 7.30. The predicted octanol–water partition coefficient (Wildman–Crippen LogP) is 5.26. The molecule has 0 bridgehead atoms. The highest BCUT2D eigenvalue weighted by atomic mass is 35.5. The van der Waals surface area contributed by atoms with Crippen LogP contribution in [0.5, 0.6) is 11.5 Å². The second-order valence-electron chi connectivity index (χ2n) is 6.48. The van der Waals surface area contributed by atoms with Crippen LogP contribution in [-0.2, 0) is 4.79 Å². The van der Waals surface area contributed by atoms with Crippen molar-refractivity contribution in [1.29, 1.82) is 0 Å². The molecule has 0 atom stereocenters. The number of carbonyl (C=O) groups excluding carboxylic acids is 2. The van der Waals surface area contributed by atoms with E-state index in [0.29, 0.717) is 33.5 Å². The summed E-state index contributed by atoms with van der Waals surface area (Å²) in [4.78, 5) is 24.9. The molecule has 3 rings (SSSR count). The number of carbonyl (C=O) groups is 2. The molecule has 0 aliphatic heterocycles. The maximum atomic E-state index is 12.5. The molecule has 0 aliphatic rings. The minimum atomic E-state index is -0.352. The van der Waals surface area contributed by atoms with E-state index in [-0.39, 0.29) is 11.8 Å². The molecule has 2 N–H and O–H groups in total. The normalized spacial score (nSPS) is 10.5. The standard InChI is InChI=1S/C24H21ClN2O4/c1-30-19-13-16(14-20(15-19)31-2)7-12-23(28)26-21-5-3-4-6-22(21)27-24(29)17-8-10-18(25)11-9-17/h3-15H,1-2H3,(H,26,28)(H,27,29)/b12-7+. The van der Waals surface area contributed by atoms with Crippen LogP contribution in [-0.4, -0.2) is 26.0 Å². The molecular weight excluding hydrogens is 416 g/mol. The minimum absolute atomic E-state index is 0.308. The maximum absolute atomic E-state index is 12.5. The van der Waals surface area contributed by atoms with Crippen molar-refractivity contribution in [3.8, 4) is 11.5 Å². The second kappa shape index (κ2) is 10.3. The van der Waals surface area contributed by atoms with Gasteiger partial charge in [0.05, 0.1) is 25.6 Å². The molecule has 3 aromatic carbocycles. The van der Waals surface area contributed by atoms with Crippen molar-refractivity contribution < 1.29 is 19.1 Å². The van der Waals surface area contributed by atoms with Crippen LogP contribution in [0, 0.1) is 0 Å². The van der Waals surface area contributed by atoms with Crippen molar-refractivity contribution in [2.24, 2.45) is 0 Å². The van der Waals surface area contributed by atoms with Crippen LogP contribution in [0.3, 0.4) is 0 Å². The molecule has 0 saturated carbocycles. The highest BCUT2D eigenvalue weighted by Gasteiger charge is 2.10. The molecule has 158 valence electrons. The summed E-state index contributed by atoms with van der Waals surface area (Å²) in [6.07, 6.45) is 3.04. The molecule has 0 saturated heterocycles. The van der Waals surface area contributed by atoms with E-state index in [1.165, 1.54) is 6.08 Å². The Morgan fingerprint density at radius 2 is 1.42 bits per heavy atom. The number of amides is 2. The fourth-order valence-electron chi connectivity index (χ4n) is 2.77. The van der Waals surface area contributed by atoms with E-state index in [9.17, 15) is 9.59 Å². The van der Waals surface area contributed by atoms with Crippen LogP contribution >= 0.6 is 11.6 Å². The first kappa shape index (κ1) is 21.9. The van der Waals surface area contributed by atoms with Gasteiger partial charge in [0.25, 0.3) is 5.91 Å². The summed E-state index contributed by atoms with van der Waals surface area (Å²) in [6.45, 7) is 0. The number of methoxy groups -OCH3 is 2. The molecule has 31 heavy (non-hydrogen) atoms. The van der Waals surface area contributed by atoms with Crippen molar-refractivity contribution in [1.82, 2.24) is 0 Å². The SMILES string of the molecule is COc1cc(/C=C/C(=O)Nc2ccccc2NC(=O)c2ccc(Cl)cc2)cc(OC)c1. The van der Waals surface area contributed by atoms with Gasteiger partial charge in [-0.1, -0.05) is 23.7 Å². The molecular formula is C24H21ClN2O4. The number of hydrogen-bond acceptors (Lipinski definition) is 4. The third kappa shape index (κ3) is 6.10. The van der Waals surface area contributed by atoms with E-state index in [4.69, 9.17) is 21.1 Å². The molecule has 3 aromatic rings. The van der Waals surface area contributed by atoms with Gasteiger partial charge in [-0.3, -0.25) is 9.59 Å². The zero-order valence-electron chi connectivity index (χ0n) is 17.0. The molecule has 2 amide bonds. The second-order valence-corrected chi connectivity index (χ2v) is 6.91. The van der Waals surface area contributed by atoms with Gasteiger partial charge >= 0.3 is 0 Å². The van der Waals surface area contributed by atoms with Crippen molar-refractivity contribution in [2.75, 3.05) is 24.9 Å². The minimum Gasteiger partial charge on any atom is -0.497 e. The van der Waals surface area contributed by atoms with Gasteiger partial charge in [0.1, 0.15) is 11.5 Å². The summed E-state index contributed by atoms with van der Waals surface area (Å²) >= 11 is 5.87. The van der Waals surface area contributed by atoms with Gasteiger partial charge in [-0.2, -0.15) is 0 Å². The third-order valence-corrected chi connectivity index (χ3v) is 4.59. The predicted molar refractivity (Wildman–Crippen MR) is 123 cm³/mol. The van der Waals surface area contributed by atoms with E-state index in [0.717, 1.165) is 5.56 Å².